The first-order valence-electron chi connectivity index (χ1n) is 5.93. The van der Waals surface area contributed by atoms with Crippen molar-refractivity contribution in [1.29, 1.82) is 0 Å². The largest absolute Gasteiger partial charge is 0.489 e. The summed E-state index contributed by atoms with van der Waals surface area (Å²) in [4.78, 5) is 11.5. The molecule has 1 aliphatic heterocycles. The maximum absolute atomic E-state index is 11.5. The lowest BCUT2D eigenvalue weighted by Crippen LogP contribution is -2.29. The lowest BCUT2D eigenvalue weighted by atomic mass is 9.95. The van der Waals surface area contributed by atoms with E-state index in [0.717, 1.165) is 23.4 Å². The summed E-state index contributed by atoms with van der Waals surface area (Å²) in [6, 6.07) is 5.35. The van der Waals surface area contributed by atoms with Gasteiger partial charge in [-0.15, -0.1) is 0 Å². The van der Waals surface area contributed by atoms with Crippen molar-refractivity contribution < 1.29 is 14.3 Å². The number of benzene rings is 1. The van der Waals surface area contributed by atoms with Crippen LogP contribution in [0.1, 0.15) is 28.9 Å². The van der Waals surface area contributed by atoms with Gasteiger partial charge >= 0.3 is 5.97 Å². The molecule has 96 valence electrons. The fourth-order valence-electron chi connectivity index (χ4n) is 2.08. The molecule has 0 saturated heterocycles. The van der Waals surface area contributed by atoms with Crippen molar-refractivity contribution in [3.05, 3.63) is 41.5 Å². The molecule has 1 atom stereocenters. The van der Waals surface area contributed by atoms with E-state index in [1.807, 2.05) is 6.92 Å². The minimum Gasteiger partial charge on any atom is -0.489 e. The maximum atomic E-state index is 11.5. The normalized spacial score (nSPS) is 17.9. The van der Waals surface area contributed by atoms with Crippen LogP contribution in [0.4, 0.5) is 0 Å². The number of carbonyl (C=O) groups is 1. The van der Waals surface area contributed by atoms with Gasteiger partial charge in [-0.05, 0) is 30.3 Å². The first-order chi connectivity index (χ1) is 8.67. The Labute approximate surface area is 107 Å². The highest BCUT2D eigenvalue weighted by Crippen LogP contribution is 2.35. The van der Waals surface area contributed by atoms with E-state index in [2.05, 4.69) is 11.9 Å². The van der Waals surface area contributed by atoms with Gasteiger partial charge in [-0.25, -0.2) is 4.79 Å². The Morgan fingerprint density at radius 1 is 1.61 bits per heavy atom. The van der Waals surface area contributed by atoms with Crippen LogP contribution in [0.2, 0.25) is 0 Å². The van der Waals surface area contributed by atoms with Crippen LogP contribution in [0.5, 0.6) is 5.75 Å². The maximum Gasteiger partial charge on any atom is 0.337 e. The highest BCUT2D eigenvalue weighted by molar-refractivity contribution is 5.89. The Kier molecular flexibility index (Phi) is 3.67. The lowest BCUT2D eigenvalue weighted by Gasteiger charge is -2.28. The van der Waals surface area contributed by atoms with Gasteiger partial charge in [0.15, 0.2) is 0 Å². The molecule has 1 heterocycles. The second-order valence-electron chi connectivity index (χ2n) is 4.18. The number of fused-ring (bicyclic) bond motifs is 1. The molecule has 4 nitrogen and oxygen atoms in total. The highest BCUT2D eigenvalue weighted by Gasteiger charge is 2.25. The molecule has 1 aromatic carbocycles. The van der Waals surface area contributed by atoms with E-state index in [0.29, 0.717) is 12.2 Å². The fraction of sp³-hybridized carbons (Fsp3) is 0.357. The summed E-state index contributed by atoms with van der Waals surface area (Å²) in [6.45, 7) is 7.37. The molecule has 0 amide bonds. The first-order valence-corrected chi connectivity index (χ1v) is 5.93. The van der Waals surface area contributed by atoms with E-state index in [-0.39, 0.29) is 12.0 Å². The number of hydrogen-bond acceptors (Lipinski definition) is 4. The van der Waals surface area contributed by atoms with E-state index < -0.39 is 0 Å². The quantitative estimate of drug-likeness (QED) is 0.656. The standard InChI is InChI=1S/C14H17NO3/c1-4-15-13-9(2)8-18-12-6-5-10(7-11(12)13)14(16)17-3/h5-7,13,15H,2,4,8H2,1,3H3. The summed E-state index contributed by atoms with van der Waals surface area (Å²) >= 11 is 0. The monoisotopic (exact) mass is 247 g/mol. The SMILES string of the molecule is C=C1COc2ccc(C(=O)OC)cc2C1NCC. The van der Waals surface area contributed by atoms with Crippen LogP contribution in [-0.2, 0) is 4.74 Å². The predicted molar refractivity (Wildman–Crippen MR) is 68.8 cm³/mol. The van der Waals surface area contributed by atoms with E-state index in [1.54, 1.807) is 18.2 Å². The van der Waals surface area contributed by atoms with Gasteiger partial charge < -0.3 is 14.8 Å². The van der Waals surface area contributed by atoms with Gasteiger partial charge in [0, 0.05) is 5.56 Å². The van der Waals surface area contributed by atoms with Crippen LogP contribution in [0.15, 0.2) is 30.4 Å². The van der Waals surface area contributed by atoms with Crippen molar-refractivity contribution in [2.75, 3.05) is 20.3 Å². The number of esters is 1. The molecule has 0 aromatic heterocycles. The van der Waals surface area contributed by atoms with E-state index in [1.165, 1.54) is 7.11 Å². The number of carbonyl (C=O) groups excluding carboxylic acids is 1. The molecule has 1 aromatic rings. The predicted octanol–water partition coefficient (Wildman–Crippen LogP) is 2.07. The van der Waals surface area contributed by atoms with Crippen LogP contribution < -0.4 is 10.1 Å². The lowest BCUT2D eigenvalue weighted by molar-refractivity contribution is 0.0600. The first kappa shape index (κ1) is 12.6. The zero-order valence-corrected chi connectivity index (χ0v) is 10.7. The van der Waals surface area contributed by atoms with Gasteiger partial charge in [0.2, 0.25) is 0 Å². The number of hydrogen-bond donors (Lipinski definition) is 1. The van der Waals surface area contributed by atoms with Gasteiger partial charge in [0.25, 0.3) is 0 Å². The summed E-state index contributed by atoms with van der Waals surface area (Å²) in [5, 5.41) is 3.34. The van der Waals surface area contributed by atoms with Crippen LogP contribution in [-0.4, -0.2) is 26.2 Å². The molecule has 0 fully saturated rings. The van der Waals surface area contributed by atoms with Gasteiger partial charge in [-0.1, -0.05) is 13.5 Å². The Bertz CT molecular complexity index is 482. The average Bonchev–Trinajstić information content (AvgIpc) is 2.40. The molecule has 1 unspecified atom stereocenters. The molecule has 1 aliphatic rings. The summed E-state index contributed by atoms with van der Waals surface area (Å²) in [5.41, 5.74) is 2.43. The van der Waals surface area contributed by atoms with E-state index in [4.69, 9.17) is 9.47 Å². The van der Waals surface area contributed by atoms with Gasteiger partial charge in [-0.2, -0.15) is 0 Å². The third kappa shape index (κ3) is 2.24. The third-order valence-electron chi connectivity index (χ3n) is 2.97. The molecule has 0 spiro atoms. The molecule has 2 rings (SSSR count). The molecule has 0 aliphatic carbocycles. The number of likely N-dealkylation sites (N-methyl/N-ethyl adjacent to an activating group) is 1. The van der Waals surface area contributed by atoms with Crippen molar-refractivity contribution in [3.63, 3.8) is 0 Å². The number of ether oxygens (including phenoxy) is 2. The minimum absolute atomic E-state index is 0.0309. The van der Waals surface area contributed by atoms with Crippen molar-refractivity contribution in [2.24, 2.45) is 0 Å². The molecule has 0 radical (unpaired) electrons. The zero-order valence-electron chi connectivity index (χ0n) is 10.7. The average molecular weight is 247 g/mol. The van der Waals surface area contributed by atoms with Crippen LogP contribution in [0.3, 0.4) is 0 Å². The molecular formula is C14H17NO3. The number of methoxy groups -OCH3 is 1. The highest BCUT2D eigenvalue weighted by atomic mass is 16.5. The minimum atomic E-state index is -0.343. The zero-order chi connectivity index (χ0) is 13.1. The second-order valence-corrected chi connectivity index (χ2v) is 4.18. The summed E-state index contributed by atoms with van der Waals surface area (Å²) in [5.74, 6) is 0.449. The van der Waals surface area contributed by atoms with Gasteiger partial charge in [0.1, 0.15) is 12.4 Å². The van der Waals surface area contributed by atoms with E-state index in [9.17, 15) is 4.79 Å². The molecule has 4 heteroatoms. The molecule has 0 bridgehead atoms. The fourth-order valence-corrected chi connectivity index (χ4v) is 2.08. The second kappa shape index (κ2) is 5.23. The van der Waals surface area contributed by atoms with Crippen molar-refractivity contribution in [2.45, 2.75) is 13.0 Å². The molecule has 0 saturated carbocycles. The molecule has 18 heavy (non-hydrogen) atoms. The number of nitrogens with one attached hydrogen (secondary N) is 1. The van der Waals surface area contributed by atoms with E-state index >= 15 is 0 Å². The van der Waals surface area contributed by atoms with Crippen molar-refractivity contribution >= 4 is 5.97 Å². The smallest absolute Gasteiger partial charge is 0.337 e. The Morgan fingerprint density at radius 3 is 3.06 bits per heavy atom. The van der Waals surface area contributed by atoms with Crippen LogP contribution in [0.25, 0.3) is 0 Å². The van der Waals surface area contributed by atoms with Crippen molar-refractivity contribution in [1.82, 2.24) is 5.32 Å². The summed E-state index contributed by atoms with van der Waals surface area (Å²) < 4.78 is 10.3. The molecule has 1 N–H and O–H groups in total. The summed E-state index contributed by atoms with van der Waals surface area (Å²) in [6.07, 6.45) is 0. The Morgan fingerprint density at radius 2 is 2.39 bits per heavy atom. The topological polar surface area (TPSA) is 47.6 Å². The van der Waals surface area contributed by atoms with Crippen molar-refractivity contribution in [3.8, 4) is 5.75 Å². The Hall–Kier alpha value is -1.81. The Balaban J connectivity index is 2.41. The van der Waals surface area contributed by atoms with Gasteiger partial charge in [-0.3, -0.25) is 0 Å². The third-order valence-corrected chi connectivity index (χ3v) is 2.97. The van der Waals surface area contributed by atoms with Gasteiger partial charge in [0.05, 0.1) is 18.7 Å². The van der Waals surface area contributed by atoms with Crippen LogP contribution in [0, 0.1) is 0 Å². The summed E-state index contributed by atoms with van der Waals surface area (Å²) in [7, 11) is 1.37. The van der Waals surface area contributed by atoms with Crippen LogP contribution >= 0.6 is 0 Å². The molecular weight excluding hydrogens is 230 g/mol. The number of rotatable bonds is 3.